The first-order valence-electron chi connectivity index (χ1n) is 7.09. The van der Waals surface area contributed by atoms with Crippen LogP contribution >= 0.6 is 0 Å². The molecule has 6 heteroatoms. The molecular formula is C14H22N2O4. The second-order valence-electron chi connectivity index (χ2n) is 5.51. The third kappa shape index (κ3) is 2.44. The third-order valence-electron chi connectivity index (χ3n) is 3.84. The largest absolute Gasteiger partial charge is 0.465 e. The summed E-state index contributed by atoms with van der Waals surface area (Å²) in [5.74, 6) is 0.818. The van der Waals surface area contributed by atoms with Crippen LogP contribution in [0.15, 0.2) is 4.52 Å². The summed E-state index contributed by atoms with van der Waals surface area (Å²) in [6.45, 7) is 6.20. The van der Waals surface area contributed by atoms with Crippen LogP contribution in [-0.2, 0) is 19.7 Å². The highest BCUT2D eigenvalue weighted by Crippen LogP contribution is 2.44. The molecule has 2 rings (SSSR count). The minimum Gasteiger partial charge on any atom is -0.465 e. The first-order valence-corrected chi connectivity index (χ1v) is 7.09. The molecule has 1 aliphatic rings. The molecule has 1 unspecified atom stereocenters. The third-order valence-corrected chi connectivity index (χ3v) is 3.84. The van der Waals surface area contributed by atoms with Gasteiger partial charge in [0.25, 0.3) is 0 Å². The van der Waals surface area contributed by atoms with Gasteiger partial charge in [0.2, 0.25) is 11.7 Å². The Bertz CT molecular complexity index is 465. The van der Waals surface area contributed by atoms with Crippen LogP contribution in [0.5, 0.6) is 0 Å². The molecule has 1 heterocycles. The van der Waals surface area contributed by atoms with Crippen LogP contribution in [0.2, 0.25) is 0 Å². The highest BCUT2D eigenvalue weighted by Gasteiger charge is 2.52. The van der Waals surface area contributed by atoms with Gasteiger partial charge in [0.1, 0.15) is 11.5 Å². The van der Waals surface area contributed by atoms with Gasteiger partial charge in [-0.25, -0.2) is 0 Å². The van der Waals surface area contributed by atoms with E-state index in [1.165, 1.54) is 0 Å². The van der Waals surface area contributed by atoms with Crippen LogP contribution < -0.4 is 0 Å². The molecule has 0 N–H and O–H groups in total. The van der Waals surface area contributed by atoms with Gasteiger partial charge in [-0.15, -0.1) is 0 Å². The number of esters is 1. The van der Waals surface area contributed by atoms with Gasteiger partial charge in [0.05, 0.1) is 6.61 Å². The molecule has 0 amide bonds. The van der Waals surface area contributed by atoms with Crippen molar-refractivity contribution in [2.45, 2.75) is 51.6 Å². The van der Waals surface area contributed by atoms with Crippen molar-refractivity contribution in [1.29, 1.82) is 0 Å². The Morgan fingerprint density at radius 1 is 1.45 bits per heavy atom. The van der Waals surface area contributed by atoms with Gasteiger partial charge in [-0.1, -0.05) is 25.4 Å². The molecule has 1 aromatic heterocycles. The van der Waals surface area contributed by atoms with Crippen LogP contribution in [0, 0.1) is 5.92 Å². The Morgan fingerprint density at radius 3 is 2.60 bits per heavy atom. The maximum atomic E-state index is 12.1. The fourth-order valence-corrected chi connectivity index (χ4v) is 2.53. The Morgan fingerprint density at radius 2 is 2.15 bits per heavy atom. The number of carbonyl (C=O) groups excluding carboxylic acids is 1. The highest BCUT2D eigenvalue weighted by molar-refractivity contribution is 5.83. The normalized spacial score (nSPS) is 18.6. The lowest BCUT2D eigenvalue weighted by molar-refractivity contribution is -0.155. The van der Waals surface area contributed by atoms with E-state index in [4.69, 9.17) is 14.0 Å². The van der Waals surface area contributed by atoms with E-state index in [1.54, 1.807) is 14.0 Å². The molecule has 0 radical (unpaired) electrons. The average Bonchev–Trinajstić information content (AvgIpc) is 2.78. The van der Waals surface area contributed by atoms with Crippen molar-refractivity contribution in [2.24, 2.45) is 5.92 Å². The van der Waals surface area contributed by atoms with E-state index in [0.29, 0.717) is 31.2 Å². The summed E-state index contributed by atoms with van der Waals surface area (Å²) in [6.07, 6.45) is 2.14. The van der Waals surface area contributed by atoms with Crippen molar-refractivity contribution in [1.82, 2.24) is 10.1 Å². The van der Waals surface area contributed by atoms with Gasteiger partial charge < -0.3 is 14.0 Å². The highest BCUT2D eigenvalue weighted by atomic mass is 16.5. The number of aromatic nitrogens is 2. The summed E-state index contributed by atoms with van der Waals surface area (Å²) in [7, 11) is 1.62. The molecule has 0 saturated heterocycles. The molecule has 20 heavy (non-hydrogen) atoms. The number of ether oxygens (including phenoxy) is 2. The van der Waals surface area contributed by atoms with Crippen molar-refractivity contribution in [3.8, 4) is 0 Å². The van der Waals surface area contributed by atoms with Crippen LogP contribution in [0.25, 0.3) is 0 Å². The number of hydrogen-bond donors (Lipinski definition) is 0. The van der Waals surface area contributed by atoms with Gasteiger partial charge in [-0.05, 0) is 25.7 Å². The summed E-state index contributed by atoms with van der Waals surface area (Å²) < 4.78 is 15.9. The minimum absolute atomic E-state index is 0.227. The van der Waals surface area contributed by atoms with Gasteiger partial charge in [0, 0.05) is 7.11 Å². The first kappa shape index (κ1) is 15.0. The number of rotatable bonds is 6. The second-order valence-corrected chi connectivity index (χ2v) is 5.51. The lowest BCUT2D eigenvalue weighted by Gasteiger charge is -2.35. The summed E-state index contributed by atoms with van der Waals surface area (Å²) in [5.41, 5.74) is -0.740. The van der Waals surface area contributed by atoms with Crippen molar-refractivity contribution < 1.29 is 18.8 Å². The summed E-state index contributed by atoms with van der Waals surface area (Å²) in [6, 6.07) is 0. The maximum absolute atomic E-state index is 12.1. The zero-order chi connectivity index (χ0) is 14.8. The van der Waals surface area contributed by atoms with E-state index in [1.807, 2.05) is 13.8 Å². The lowest BCUT2D eigenvalue weighted by atomic mass is 9.68. The Hall–Kier alpha value is -1.43. The topological polar surface area (TPSA) is 74.5 Å². The van der Waals surface area contributed by atoms with Crippen LogP contribution in [-0.4, -0.2) is 29.8 Å². The average molecular weight is 282 g/mol. The molecule has 0 spiro atoms. The Kier molecular flexibility index (Phi) is 4.42. The maximum Gasteiger partial charge on any atom is 0.321 e. The van der Waals surface area contributed by atoms with Crippen molar-refractivity contribution in [2.75, 3.05) is 13.7 Å². The lowest BCUT2D eigenvalue weighted by Crippen LogP contribution is -2.44. The monoisotopic (exact) mass is 282 g/mol. The molecule has 0 aliphatic heterocycles. The quantitative estimate of drug-likeness (QED) is 0.746. The number of methoxy groups -OCH3 is 1. The SMILES string of the molecule is CCOC(=O)C1(c2nc(C(OC)C(C)C)no2)CCC1. The first-order chi connectivity index (χ1) is 9.55. The zero-order valence-electron chi connectivity index (χ0n) is 12.5. The molecule has 1 fully saturated rings. The second kappa shape index (κ2) is 5.91. The van der Waals surface area contributed by atoms with E-state index >= 15 is 0 Å². The molecule has 6 nitrogen and oxygen atoms in total. The van der Waals surface area contributed by atoms with Crippen molar-refractivity contribution in [3.05, 3.63) is 11.7 Å². The number of nitrogens with zero attached hydrogens (tertiary/aromatic N) is 2. The van der Waals surface area contributed by atoms with Gasteiger partial charge in [-0.3, -0.25) is 4.79 Å². The molecule has 0 aromatic carbocycles. The fraction of sp³-hybridized carbons (Fsp3) is 0.786. The number of carbonyl (C=O) groups is 1. The van der Waals surface area contributed by atoms with E-state index in [2.05, 4.69) is 10.1 Å². The summed E-state index contributed by atoms with van der Waals surface area (Å²) in [4.78, 5) is 16.5. The molecule has 1 aromatic rings. The van der Waals surface area contributed by atoms with Crippen molar-refractivity contribution >= 4 is 5.97 Å². The standard InChI is InChI=1S/C14H22N2O4/c1-5-19-13(17)14(7-6-8-14)12-15-11(16-20-12)10(18-4)9(2)3/h9-10H,5-8H2,1-4H3. The van der Waals surface area contributed by atoms with Crippen LogP contribution in [0.3, 0.4) is 0 Å². The molecule has 1 atom stereocenters. The Balaban J connectivity index is 2.24. The van der Waals surface area contributed by atoms with E-state index in [0.717, 1.165) is 6.42 Å². The number of hydrogen-bond acceptors (Lipinski definition) is 6. The van der Waals surface area contributed by atoms with Crippen LogP contribution in [0.1, 0.15) is 57.9 Å². The Labute approximate surface area is 118 Å². The van der Waals surface area contributed by atoms with E-state index in [-0.39, 0.29) is 18.0 Å². The fourth-order valence-electron chi connectivity index (χ4n) is 2.53. The van der Waals surface area contributed by atoms with Crippen LogP contribution in [0.4, 0.5) is 0 Å². The van der Waals surface area contributed by atoms with Gasteiger partial charge >= 0.3 is 5.97 Å². The predicted octanol–water partition coefficient (Wildman–Crippen LogP) is 2.40. The molecule has 1 aliphatic carbocycles. The molecule has 1 saturated carbocycles. The molecule has 0 bridgehead atoms. The molecular weight excluding hydrogens is 260 g/mol. The minimum atomic E-state index is -0.740. The van der Waals surface area contributed by atoms with Gasteiger partial charge in [-0.2, -0.15) is 4.98 Å². The molecule has 112 valence electrons. The summed E-state index contributed by atoms with van der Waals surface area (Å²) in [5, 5.41) is 3.98. The summed E-state index contributed by atoms with van der Waals surface area (Å²) >= 11 is 0. The zero-order valence-corrected chi connectivity index (χ0v) is 12.5. The van der Waals surface area contributed by atoms with Crippen molar-refractivity contribution in [3.63, 3.8) is 0 Å². The predicted molar refractivity (Wildman–Crippen MR) is 71.0 cm³/mol. The van der Waals surface area contributed by atoms with E-state index in [9.17, 15) is 4.79 Å². The van der Waals surface area contributed by atoms with Gasteiger partial charge in [0.15, 0.2) is 0 Å². The smallest absolute Gasteiger partial charge is 0.321 e. The van der Waals surface area contributed by atoms with E-state index < -0.39 is 5.41 Å².